The van der Waals surface area contributed by atoms with Crippen LogP contribution in [0.3, 0.4) is 0 Å². The predicted molar refractivity (Wildman–Crippen MR) is 73.6 cm³/mol. The Morgan fingerprint density at radius 3 is 3.00 bits per heavy atom. The molecular weight excluding hydrogens is 377 g/mol. The third kappa shape index (κ3) is 3.75. The molecule has 1 aliphatic rings. The molecule has 0 N–H and O–H groups in total. The average molecular weight is 395 g/mol. The van der Waals surface area contributed by atoms with E-state index in [9.17, 15) is 4.79 Å². The van der Waals surface area contributed by atoms with Crippen LogP contribution in [0.5, 0.6) is 5.75 Å². The van der Waals surface area contributed by atoms with E-state index >= 15 is 0 Å². The van der Waals surface area contributed by atoms with Crippen LogP contribution in [-0.4, -0.2) is 22.3 Å². The number of alkyl halides is 2. The number of amides is 1. The molecule has 3 nitrogen and oxygen atoms in total. The number of aryl methyl sites for hydroxylation is 1. The third-order valence-electron chi connectivity index (χ3n) is 2.90. The van der Waals surface area contributed by atoms with Crippen molar-refractivity contribution in [1.29, 1.82) is 0 Å². The Balaban J connectivity index is 2.18. The molecule has 1 aromatic carbocycles. The molecular formula is C14H18ClINO2-. The number of fused-ring (bicyclic) bond motifs is 1. The second-order valence-electron chi connectivity index (χ2n) is 4.75. The molecule has 0 aromatic heterocycles. The van der Waals surface area contributed by atoms with Gasteiger partial charge in [-0.1, -0.05) is 0 Å². The Bertz CT molecular complexity index is 465. The molecule has 0 saturated carbocycles. The molecule has 0 saturated heterocycles. The zero-order valence-corrected chi connectivity index (χ0v) is 14.1. The number of hydrogen-bond acceptors (Lipinski definition) is 2. The summed E-state index contributed by atoms with van der Waals surface area (Å²) in [5.74, 6) is 0.947. The average Bonchev–Trinajstić information content (AvgIpc) is 2.43. The molecule has 1 aromatic rings. The van der Waals surface area contributed by atoms with Gasteiger partial charge >= 0.3 is 130 Å². The minimum atomic E-state index is -0.257. The number of carbonyl (C=O) groups is 1. The number of halogens is 2. The maximum absolute atomic E-state index is 11.8. The van der Waals surface area contributed by atoms with Gasteiger partial charge in [-0.2, -0.15) is 0 Å². The summed E-state index contributed by atoms with van der Waals surface area (Å²) in [5.41, 5.74) is 2.18. The van der Waals surface area contributed by atoms with Gasteiger partial charge < -0.3 is 0 Å². The van der Waals surface area contributed by atoms with Crippen molar-refractivity contribution in [2.24, 2.45) is 0 Å². The molecule has 106 valence electrons. The van der Waals surface area contributed by atoms with E-state index in [1.165, 1.54) is 5.56 Å². The van der Waals surface area contributed by atoms with Crippen LogP contribution in [0.1, 0.15) is 25.8 Å². The Morgan fingerprint density at radius 2 is 2.32 bits per heavy atom. The zero-order valence-electron chi connectivity index (χ0n) is 11.2. The van der Waals surface area contributed by atoms with E-state index in [-0.39, 0.29) is 33.4 Å². The number of nitrogens with zero attached hydrogens (tertiary/aromatic N) is 1. The first-order valence-corrected chi connectivity index (χ1v) is 9.07. The standard InChI is InChI=1S/C14H18ClINO2/c1-10(2)16-19-12-5-6-13-11(8-12)4-3-7-17(13)14(18)9-15/h5-6,8,10H,3-4,7,9H2,1-2H3/q-1. The summed E-state index contributed by atoms with van der Waals surface area (Å²) in [5, 5.41) is 0. The van der Waals surface area contributed by atoms with Crippen LogP contribution in [0, 0.1) is 0 Å². The molecule has 0 bridgehead atoms. The van der Waals surface area contributed by atoms with Crippen molar-refractivity contribution >= 4 is 23.2 Å². The van der Waals surface area contributed by atoms with Crippen LogP contribution in [0.4, 0.5) is 5.69 Å². The van der Waals surface area contributed by atoms with Crippen molar-refractivity contribution in [1.82, 2.24) is 0 Å². The summed E-state index contributed by atoms with van der Waals surface area (Å²) < 4.78 is 6.45. The van der Waals surface area contributed by atoms with Gasteiger partial charge in [-0.25, -0.2) is 0 Å². The monoisotopic (exact) mass is 394 g/mol. The Hall–Kier alpha value is -0.490. The van der Waals surface area contributed by atoms with Crippen molar-refractivity contribution in [2.45, 2.75) is 30.6 Å². The van der Waals surface area contributed by atoms with Gasteiger partial charge in [0.1, 0.15) is 0 Å². The summed E-state index contributed by atoms with van der Waals surface area (Å²) in [6.45, 7) is 5.11. The van der Waals surface area contributed by atoms with Gasteiger partial charge in [0.2, 0.25) is 0 Å². The molecule has 0 spiro atoms. The van der Waals surface area contributed by atoms with Crippen LogP contribution in [-0.2, 0) is 11.2 Å². The van der Waals surface area contributed by atoms with E-state index in [0.29, 0.717) is 3.92 Å². The summed E-state index contributed by atoms with van der Waals surface area (Å²) in [7, 11) is 0. The minimum absolute atomic E-state index is 0.0223. The SMILES string of the molecule is CC(C)[I-]Oc1ccc2c(c1)CCCN2C(=O)CCl. The fourth-order valence-corrected chi connectivity index (χ4v) is 3.31. The second-order valence-corrected chi connectivity index (χ2v) is 8.46. The first kappa shape index (κ1) is 14.9. The third-order valence-corrected chi connectivity index (χ3v) is 4.91. The molecule has 5 heteroatoms. The normalized spacial score (nSPS) is 14.6. The summed E-state index contributed by atoms with van der Waals surface area (Å²) in [6.07, 6.45) is 1.98. The molecule has 0 aliphatic carbocycles. The first-order chi connectivity index (χ1) is 9.11. The molecule has 0 radical (unpaired) electrons. The summed E-state index contributed by atoms with van der Waals surface area (Å²) in [4.78, 5) is 13.6. The van der Waals surface area contributed by atoms with Crippen LogP contribution in [0.15, 0.2) is 18.2 Å². The molecule has 2 rings (SSSR count). The van der Waals surface area contributed by atoms with Crippen LogP contribution in [0.25, 0.3) is 0 Å². The van der Waals surface area contributed by atoms with Crippen molar-refractivity contribution in [3.8, 4) is 5.75 Å². The van der Waals surface area contributed by atoms with E-state index in [2.05, 4.69) is 19.9 Å². The molecule has 1 heterocycles. The van der Waals surface area contributed by atoms with E-state index < -0.39 is 0 Å². The Labute approximate surface area is 130 Å². The summed E-state index contributed by atoms with van der Waals surface area (Å²) >= 11 is 5.40. The van der Waals surface area contributed by atoms with E-state index in [1.807, 2.05) is 12.1 Å². The Morgan fingerprint density at radius 1 is 1.53 bits per heavy atom. The van der Waals surface area contributed by atoms with Gasteiger partial charge in [0.15, 0.2) is 0 Å². The van der Waals surface area contributed by atoms with Gasteiger partial charge in [-0.3, -0.25) is 0 Å². The van der Waals surface area contributed by atoms with E-state index in [4.69, 9.17) is 14.7 Å². The fourth-order valence-electron chi connectivity index (χ4n) is 2.09. The first-order valence-electron chi connectivity index (χ1n) is 6.41. The van der Waals surface area contributed by atoms with Crippen molar-refractivity contribution < 1.29 is 29.5 Å². The van der Waals surface area contributed by atoms with E-state index in [1.54, 1.807) is 4.90 Å². The Kier molecular flexibility index (Phi) is 5.33. The van der Waals surface area contributed by atoms with Crippen molar-refractivity contribution in [2.75, 3.05) is 17.3 Å². The summed E-state index contributed by atoms with van der Waals surface area (Å²) in [6, 6.07) is 6.02. The van der Waals surface area contributed by atoms with Crippen molar-refractivity contribution in [3.63, 3.8) is 0 Å². The molecule has 0 unspecified atom stereocenters. The predicted octanol–water partition coefficient (Wildman–Crippen LogP) is -0.00420. The number of rotatable bonds is 4. The van der Waals surface area contributed by atoms with Gasteiger partial charge in [-0.05, 0) is 0 Å². The molecule has 0 fully saturated rings. The fraction of sp³-hybridized carbons (Fsp3) is 0.500. The van der Waals surface area contributed by atoms with Gasteiger partial charge in [0.05, 0.1) is 0 Å². The molecule has 1 aliphatic heterocycles. The van der Waals surface area contributed by atoms with Crippen LogP contribution in [0.2, 0.25) is 0 Å². The van der Waals surface area contributed by atoms with Crippen molar-refractivity contribution in [3.05, 3.63) is 23.8 Å². The van der Waals surface area contributed by atoms with Gasteiger partial charge in [0.25, 0.3) is 0 Å². The molecule has 19 heavy (non-hydrogen) atoms. The molecule has 0 atom stereocenters. The zero-order chi connectivity index (χ0) is 13.8. The number of carbonyl (C=O) groups excluding carboxylic acids is 1. The molecule has 1 amide bonds. The number of benzene rings is 1. The van der Waals surface area contributed by atoms with Gasteiger partial charge in [0, 0.05) is 0 Å². The van der Waals surface area contributed by atoms with Crippen LogP contribution < -0.4 is 29.6 Å². The second kappa shape index (κ2) is 6.79. The number of anilines is 1. The quantitative estimate of drug-likeness (QED) is 0.531. The van der Waals surface area contributed by atoms with Crippen LogP contribution >= 0.6 is 11.6 Å². The number of hydrogen-bond donors (Lipinski definition) is 0. The van der Waals surface area contributed by atoms with E-state index in [0.717, 1.165) is 30.8 Å². The topological polar surface area (TPSA) is 29.5 Å². The maximum atomic E-state index is 11.8. The van der Waals surface area contributed by atoms with Gasteiger partial charge in [-0.15, -0.1) is 0 Å².